The maximum absolute atomic E-state index is 15.1. The van der Waals surface area contributed by atoms with E-state index in [1.165, 1.54) is 6.07 Å². The summed E-state index contributed by atoms with van der Waals surface area (Å²) in [5, 5.41) is 21.4. The van der Waals surface area contributed by atoms with Gasteiger partial charge in [-0.3, -0.25) is 19.6 Å². The fourth-order valence-electron chi connectivity index (χ4n) is 5.13. The lowest BCUT2D eigenvalue weighted by atomic mass is 9.97. The maximum atomic E-state index is 15.1. The van der Waals surface area contributed by atoms with Crippen molar-refractivity contribution in [3.63, 3.8) is 0 Å². The number of carbonyl (C=O) groups is 2. The number of carbonyl (C=O) groups excluding carboxylic acids is 2. The number of anilines is 1. The largest absolute Gasteiger partial charge is 0.395 e. The van der Waals surface area contributed by atoms with Gasteiger partial charge in [-0.2, -0.15) is 0 Å². The van der Waals surface area contributed by atoms with Crippen LogP contribution in [0, 0.1) is 12.7 Å². The first-order valence-corrected chi connectivity index (χ1v) is 14.8. The van der Waals surface area contributed by atoms with Gasteiger partial charge in [-0.15, -0.1) is 0 Å². The number of nitrogens with zero attached hydrogens (tertiary/aromatic N) is 2. The molecule has 0 radical (unpaired) electrons. The molecule has 1 atom stereocenters. The second-order valence-corrected chi connectivity index (χ2v) is 11.0. The van der Waals surface area contributed by atoms with Crippen LogP contribution in [0.4, 0.5) is 10.1 Å². The molecular formula is C33H34ClFN6O3. The quantitative estimate of drug-likeness (QED) is 0.147. The van der Waals surface area contributed by atoms with Crippen LogP contribution in [0.2, 0.25) is 5.02 Å². The molecule has 228 valence electrons. The fourth-order valence-corrected chi connectivity index (χ4v) is 5.45. The molecule has 11 heteroatoms. The molecule has 1 fully saturated rings. The molecule has 4 aromatic rings. The Morgan fingerprint density at radius 1 is 1.09 bits per heavy atom. The molecule has 0 saturated carbocycles. The van der Waals surface area contributed by atoms with Crippen LogP contribution in [0.3, 0.4) is 0 Å². The summed E-state index contributed by atoms with van der Waals surface area (Å²) in [6, 6.07) is 15.8. The zero-order valence-electron chi connectivity index (χ0n) is 24.3. The molecule has 0 spiro atoms. The number of pyridine rings is 2. The monoisotopic (exact) mass is 616 g/mol. The molecule has 5 rings (SSSR count). The third-order valence-corrected chi connectivity index (χ3v) is 7.94. The number of aliphatic hydroxyl groups excluding tert-OH is 1. The van der Waals surface area contributed by atoms with Crippen molar-refractivity contribution < 1.29 is 19.1 Å². The zero-order valence-corrected chi connectivity index (χ0v) is 25.0. The summed E-state index contributed by atoms with van der Waals surface area (Å²) >= 11 is 6.88. The second kappa shape index (κ2) is 14.5. The van der Waals surface area contributed by atoms with Crippen LogP contribution in [0.25, 0.3) is 22.4 Å². The van der Waals surface area contributed by atoms with Gasteiger partial charge in [-0.25, -0.2) is 4.39 Å². The average Bonchev–Trinajstić information content (AvgIpc) is 3.44. The maximum Gasteiger partial charge on any atom is 0.274 e. The molecule has 9 nitrogen and oxygen atoms in total. The van der Waals surface area contributed by atoms with Crippen LogP contribution in [0.1, 0.15) is 40.0 Å². The normalized spacial score (nSPS) is 14.5. The second-order valence-electron chi connectivity index (χ2n) is 10.6. The van der Waals surface area contributed by atoms with E-state index in [0.717, 1.165) is 23.1 Å². The summed E-state index contributed by atoms with van der Waals surface area (Å²) in [5.41, 5.74) is 5.59. The third kappa shape index (κ3) is 7.46. The molecule has 2 aromatic heterocycles. The lowest BCUT2D eigenvalue weighted by Crippen LogP contribution is -2.35. The molecule has 2 aromatic carbocycles. The molecule has 44 heavy (non-hydrogen) atoms. The van der Waals surface area contributed by atoms with Gasteiger partial charge in [0.25, 0.3) is 5.91 Å². The number of aromatic nitrogens is 2. The van der Waals surface area contributed by atoms with E-state index in [0.29, 0.717) is 65.7 Å². The van der Waals surface area contributed by atoms with Crippen molar-refractivity contribution in [1.82, 2.24) is 25.9 Å². The van der Waals surface area contributed by atoms with E-state index in [-0.39, 0.29) is 36.0 Å². The van der Waals surface area contributed by atoms with Gasteiger partial charge in [0.2, 0.25) is 5.91 Å². The van der Waals surface area contributed by atoms with E-state index in [2.05, 4.69) is 31.2 Å². The molecule has 0 bridgehead atoms. The number of rotatable bonds is 12. The van der Waals surface area contributed by atoms with Crippen molar-refractivity contribution in [3.05, 3.63) is 100 Å². The zero-order chi connectivity index (χ0) is 31.1. The Balaban J connectivity index is 1.30. The third-order valence-electron chi connectivity index (χ3n) is 7.55. The minimum absolute atomic E-state index is 0.0484. The molecule has 2 amide bonds. The fraction of sp³-hybridized carbons (Fsp3) is 0.273. The number of hydrogen-bond donors (Lipinski definition) is 5. The molecule has 5 N–H and O–H groups in total. The Morgan fingerprint density at radius 3 is 2.68 bits per heavy atom. The van der Waals surface area contributed by atoms with E-state index in [9.17, 15) is 9.59 Å². The van der Waals surface area contributed by atoms with E-state index < -0.39 is 0 Å². The van der Waals surface area contributed by atoms with Crippen molar-refractivity contribution >= 4 is 29.1 Å². The highest BCUT2D eigenvalue weighted by atomic mass is 35.5. The summed E-state index contributed by atoms with van der Waals surface area (Å²) < 4.78 is 15.1. The summed E-state index contributed by atoms with van der Waals surface area (Å²) in [5.74, 6) is -0.675. The molecule has 1 aliphatic rings. The van der Waals surface area contributed by atoms with Crippen molar-refractivity contribution in [1.29, 1.82) is 0 Å². The lowest BCUT2D eigenvalue weighted by molar-refractivity contribution is -0.119. The first-order valence-electron chi connectivity index (χ1n) is 14.4. The van der Waals surface area contributed by atoms with Gasteiger partial charge in [0.15, 0.2) is 0 Å². The highest BCUT2D eigenvalue weighted by molar-refractivity contribution is 6.35. The van der Waals surface area contributed by atoms with Gasteiger partial charge in [0.05, 0.1) is 17.3 Å². The van der Waals surface area contributed by atoms with Gasteiger partial charge in [-0.05, 0) is 54.3 Å². The number of benzene rings is 2. The number of halogens is 2. The van der Waals surface area contributed by atoms with Crippen molar-refractivity contribution in [2.24, 2.45) is 0 Å². The Labute approximate surface area is 260 Å². The van der Waals surface area contributed by atoms with Crippen LogP contribution >= 0.6 is 11.6 Å². The highest BCUT2D eigenvalue weighted by Crippen LogP contribution is 2.38. The summed E-state index contributed by atoms with van der Waals surface area (Å²) in [6.45, 7) is 3.87. The SMILES string of the molecule is Cc1c(NC(=O)c2ccc(CNCCO)cn2)cccc1-c1ccnc(-c2ccc(CNC[C@@H]3CCC(=O)N3)c(F)c2)c1Cl. The van der Waals surface area contributed by atoms with Crippen molar-refractivity contribution in [3.8, 4) is 22.4 Å². The van der Waals surface area contributed by atoms with Crippen LogP contribution in [-0.4, -0.2) is 52.6 Å². The van der Waals surface area contributed by atoms with Crippen LogP contribution < -0.4 is 21.3 Å². The first-order chi connectivity index (χ1) is 21.3. The van der Waals surface area contributed by atoms with E-state index >= 15 is 4.39 Å². The molecule has 1 aliphatic heterocycles. The Hall–Kier alpha value is -4.22. The first kappa shape index (κ1) is 31.2. The van der Waals surface area contributed by atoms with Gasteiger partial charge in [0, 0.05) is 73.4 Å². The van der Waals surface area contributed by atoms with Gasteiger partial charge >= 0.3 is 0 Å². The highest BCUT2D eigenvalue weighted by Gasteiger charge is 2.20. The number of amides is 2. The van der Waals surface area contributed by atoms with E-state index in [1.54, 1.807) is 36.7 Å². The number of hydrogen-bond acceptors (Lipinski definition) is 7. The average molecular weight is 617 g/mol. The van der Waals surface area contributed by atoms with Crippen molar-refractivity contribution in [2.45, 2.75) is 38.9 Å². The number of nitrogens with one attached hydrogen (secondary N) is 4. The van der Waals surface area contributed by atoms with Gasteiger partial charge in [-0.1, -0.05) is 41.9 Å². The summed E-state index contributed by atoms with van der Waals surface area (Å²) in [6.07, 6.45) is 4.56. The van der Waals surface area contributed by atoms with Crippen LogP contribution in [-0.2, 0) is 17.9 Å². The Morgan fingerprint density at radius 2 is 1.95 bits per heavy atom. The van der Waals surface area contributed by atoms with Gasteiger partial charge in [0.1, 0.15) is 11.5 Å². The molecular weight excluding hydrogens is 583 g/mol. The smallest absolute Gasteiger partial charge is 0.274 e. The van der Waals surface area contributed by atoms with Crippen LogP contribution in [0.5, 0.6) is 0 Å². The molecule has 1 saturated heterocycles. The summed E-state index contributed by atoms with van der Waals surface area (Å²) in [4.78, 5) is 33.1. The predicted molar refractivity (Wildman–Crippen MR) is 169 cm³/mol. The molecule has 0 aliphatic carbocycles. The van der Waals surface area contributed by atoms with Crippen molar-refractivity contribution in [2.75, 3.05) is 25.0 Å². The van der Waals surface area contributed by atoms with Crippen LogP contribution in [0.15, 0.2) is 67.0 Å². The van der Waals surface area contributed by atoms with Gasteiger partial charge < -0.3 is 26.4 Å². The Bertz CT molecular complexity index is 1650. The predicted octanol–water partition coefficient (Wildman–Crippen LogP) is 4.61. The van der Waals surface area contributed by atoms with E-state index in [1.807, 2.05) is 31.2 Å². The number of aliphatic hydroxyl groups is 1. The molecule has 3 heterocycles. The summed E-state index contributed by atoms with van der Waals surface area (Å²) in [7, 11) is 0. The topological polar surface area (TPSA) is 128 Å². The Kier molecular flexibility index (Phi) is 10.3. The minimum Gasteiger partial charge on any atom is -0.395 e. The standard InChI is InChI=1S/C33H34ClFN6O3/c1-20-25(3-2-4-28(20)41-33(44)29-9-5-21(17-39-29)16-36-13-14-42)26-11-12-38-32(31(26)34)22-6-7-23(27(35)15-22)18-37-19-24-8-10-30(43)40-24/h2-7,9,11-12,15,17,24,36-37,42H,8,10,13-14,16,18-19H2,1H3,(H,40,43)(H,41,44)/t24-/m0/s1. The lowest BCUT2D eigenvalue weighted by Gasteiger charge is -2.15. The van der Waals surface area contributed by atoms with E-state index in [4.69, 9.17) is 16.7 Å². The minimum atomic E-state index is -0.377. The molecule has 0 unspecified atom stereocenters.